The third kappa shape index (κ3) is 4.21. The van der Waals surface area contributed by atoms with Crippen LogP contribution in [0.4, 0.5) is 0 Å². The maximum Gasteiger partial charge on any atom is 0.303 e. The average molecular weight is 434 g/mol. The zero-order chi connectivity index (χ0) is 22.9. The van der Waals surface area contributed by atoms with E-state index in [1.54, 1.807) is 0 Å². The van der Waals surface area contributed by atoms with Gasteiger partial charge in [-0.05, 0) is 0 Å². The molecule has 3 rings (SSSR count). The summed E-state index contributed by atoms with van der Waals surface area (Å²) in [7, 11) is 1.45. The fraction of sp³-hybridized carbons (Fsp3) is 0.529. The largest absolute Gasteiger partial charge is 0.463 e. The van der Waals surface area contributed by atoms with Crippen LogP contribution in [0, 0.1) is 11.3 Å². The number of hydrogen-bond acceptors (Lipinski definition) is 12. The van der Waals surface area contributed by atoms with Crippen LogP contribution in [-0.4, -0.2) is 67.6 Å². The Morgan fingerprint density at radius 3 is 2.35 bits per heavy atom. The van der Waals surface area contributed by atoms with E-state index < -0.39 is 48.0 Å². The predicted octanol–water partition coefficient (Wildman–Crippen LogP) is -1.28. The molecule has 31 heavy (non-hydrogen) atoms. The van der Waals surface area contributed by atoms with Gasteiger partial charge in [0.15, 0.2) is 35.2 Å². The first-order valence-corrected chi connectivity index (χ1v) is 8.99. The molecule has 4 atom stereocenters. The highest BCUT2D eigenvalue weighted by Crippen LogP contribution is 2.33. The number of nitrogens with zero attached hydrogens (tertiary/aromatic N) is 6. The lowest BCUT2D eigenvalue weighted by Crippen LogP contribution is -2.42. The highest BCUT2D eigenvalue weighted by Gasteiger charge is 2.51. The molecule has 1 fully saturated rings. The third-order valence-electron chi connectivity index (χ3n) is 4.36. The van der Waals surface area contributed by atoms with Crippen LogP contribution in [0.3, 0.4) is 0 Å². The van der Waals surface area contributed by atoms with Crippen LogP contribution in [-0.2, 0) is 40.4 Å². The predicted molar refractivity (Wildman–Crippen MR) is 96.9 cm³/mol. The van der Waals surface area contributed by atoms with Gasteiger partial charge >= 0.3 is 17.9 Å². The lowest BCUT2D eigenvalue weighted by molar-refractivity contribution is -0.166. The number of nitriles is 1. The van der Waals surface area contributed by atoms with Gasteiger partial charge in [-0.3, -0.25) is 23.9 Å². The number of ether oxygens (including phenoxy) is 4. The molecule has 1 aliphatic heterocycles. The Morgan fingerprint density at radius 1 is 1.13 bits per heavy atom. The van der Waals surface area contributed by atoms with Gasteiger partial charge in [0.1, 0.15) is 18.8 Å². The van der Waals surface area contributed by atoms with Crippen LogP contribution >= 0.6 is 0 Å². The highest BCUT2D eigenvalue weighted by molar-refractivity contribution is 5.78. The smallest absolute Gasteiger partial charge is 0.303 e. The fourth-order valence-electron chi connectivity index (χ4n) is 3.22. The summed E-state index contributed by atoms with van der Waals surface area (Å²) in [5, 5.41) is 20.7. The standard InChI is InChI=1S/C17H18N6O8/c1-7(24)28-6-11-14(29-8(2)25)15(30-9(3)26)17(31-11)23-16(27)13-12(19-21-23)10(5-18)20-22(13)4/h11,14-15,17H,6H2,1-4H3. The van der Waals surface area contributed by atoms with Crippen LogP contribution in [0.1, 0.15) is 32.7 Å². The Balaban J connectivity index is 2.09. The topological polar surface area (TPSA) is 178 Å². The molecule has 164 valence electrons. The van der Waals surface area contributed by atoms with Gasteiger partial charge in [-0.2, -0.15) is 15.0 Å². The van der Waals surface area contributed by atoms with Gasteiger partial charge in [0.25, 0.3) is 5.56 Å². The lowest BCUT2D eigenvalue weighted by atomic mass is 10.1. The summed E-state index contributed by atoms with van der Waals surface area (Å²) in [5.74, 6) is -2.06. The van der Waals surface area contributed by atoms with Gasteiger partial charge < -0.3 is 18.9 Å². The number of carbonyl (C=O) groups is 3. The van der Waals surface area contributed by atoms with Gasteiger partial charge in [-0.25, -0.2) is 0 Å². The molecule has 1 aliphatic rings. The number of carbonyl (C=O) groups excluding carboxylic acids is 3. The van der Waals surface area contributed by atoms with Gasteiger partial charge in [-0.1, -0.05) is 5.21 Å². The molecule has 3 heterocycles. The second-order valence-electron chi connectivity index (χ2n) is 6.64. The fourth-order valence-corrected chi connectivity index (χ4v) is 3.22. The van der Waals surface area contributed by atoms with Crippen LogP contribution in [0.25, 0.3) is 11.0 Å². The van der Waals surface area contributed by atoms with Crippen molar-refractivity contribution < 1.29 is 33.3 Å². The van der Waals surface area contributed by atoms with Crippen LogP contribution in [0.5, 0.6) is 0 Å². The van der Waals surface area contributed by atoms with Crippen molar-refractivity contribution >= 4 is 28.9 Å². The summed E-state index contributed by atoms with van der Waals surface area (Å²) < 4.78 is 23.2. The molecule has 14 nitrogen and oxygen atoms in total. The van der Waals surface area contributed by atoms with Crippen LogP contribution in [0.15, 0.2) is 4.79 Å². The summed E-state index contributed by atoms with van der Waals surface area (Å²) in [6, 6.07) is 1.82. The second kappa shape index (κ2) is 8.48. The van der Waals surface area contributed by atoms with Gasteiger partial charge in [0.05, 0.1) is 0 Å². The summed E-state index contributed by atoms with van der Waals surface area (Å²) in [6.07, 6.45) is -4.92. The summed E-state index contributed by atoms with van der Waals surface area (Å²) in [5.41, 5.74) is -0.882. The Hall–Kier alpha value is -3.86. The van der Waals surface area contributed by atoms with Crippen molar-refractivity contribution in [3.05, 3.63) is 16.0 Å². The summed E-state index contributed by atoms with van der Waals surface area (Å²) >= 11 is 0. The second-order valence-corrected chi connectivity index (χ2v) is 6.64. The summed E-state index contributed by atoms with van der Waals surface area (Å²) in [4.78, 5) is 47.6. The lowest BCUT2D eigenvalue weighted by Gasteiger charge is -2.23. The van der Waals surface area contributed by atoms with E-state index in [1.807, 2.05) is 6.07 Å². The van der Waals surface area contributed by atoms with Crippen molar-refractivity contribution in [1.82, 2.24) is 24.8 Å². The quantitative estimate of drug-likeness (QED) is 0.403. The van der Waals surface area contributed by atoms with Gasteiger partial charge in [0, 0.05) is 27.8 Å². The molecule has 1 saturated heterocycles. The molecule has 0 spiro atoms. The molecular formula is C17H18N6O8. The van der Waals surface area contributed by atoms with E-state index in [-0.39, 0.29) is 23.3 Å². The van der Waals surface area contributed by atoms with Gasteiger partial charge in [0.2, 0.25) is 0 Å². The number of esters is 3. The van der Waals surface area contributed by atoms with Crippen molar-refractivity contribution in [2.24, 2.45) is 7.05 Å². The van der Waals surface area contributed by atoms with E-state index in [0.29, 0.717) is 0 Å². The molecule has 4 unspecified atom stereocenters. The SMILES string of the molecule is CC(=O)OCC1OC(n2nnc3c(C#N)nn(C)c3c2=O)C(OC(C)=O)C1OC(C)=O. The normalized spacial score (nSPS) is 22.7. The van der Waals surface area contributed by atoms with E-state index in [4.69, 9.17) is 24.2 Å². The molecular weight excluding hydrogens is 416 g/mol. The van der Waals surface area contributed by atoms with Crippen molar-refractivity contribution in [2.45, 2.75) is 45.3 Å². The molecule has 0 aliphatic carbocycles. The molecule has 0 radical (unpaired) electrons. The number of aromatic nitrogens is 5. The average Bonchev–Trinajstić information content (AvgIpc) is 3.18. The van der Waals surface area contributed by atoms with E-state index in [9.17, 15) is 19.2 Å². The Kier molecular flexibility index (Phi) is 5.97. The zero-order valence-electron chi connectivity index (χ0n) is 17.0. The molecule has 0 aromatic carbocycles. The molecule has 0 amide bonds. The van der Waals surface area contributed by atoms with Crippen LogP contribution < -0.4 is 5.56 Å². The number of aryl methyl sites for hydroxylation is 1. The maximum absolute atomic E-state index is 13.1. The monoisotopic (exact) mass is 434 g/mol. The minimum atomic E-state index is -1.36. The molecule has 0 saturated carbocycles. The Morgan fingerprint density at radius 2 is 1.77 bits per heavy atom. The maximum atomic E-state index is 13.1. The Labute approximate surface area is 174 Å². The molecule has 2 aromatic heterocycles. The number of fused-ring (bicyclic) bond motifs is 1. The first-order chi connectivity index (χ1) is 14.6. The highest BCUT2D eigenvalue weighted by atomic mass is 16.7. The Bertz CT molecular complexity index is 1150. The third-order valence-corrected chi connectivity index (χ3v) is 4.36. The molecule has 0 bridgehead atoms. The first-order valence-electron chi connectivity index (χ1n) is 8.99. The number of hydrogen-bond donors (Lipinski definition) is 0. The minimum Gasteiger partial charge on any atom is -0.463 e. The van der Waals surface area contributed by atoms with E-state index in [0.717, 1.165) is 23.2 Å². The van der Waals surface area contributed by atoms with Crippen molar-refractivity contribution in [2.75, 3.05) is 6.61 Å². The number of rotatable bonds is 5. The van der Waals surface area contributed by atoms with Crippen molar-refractivity contribution in [3.8, 4) is 6.07 Å². The van der Waals surface area contributed by atoms with Crippen molar-refractivity contribution in [1.29, 1.82) is 5.26 Å². The van der Waals surface area contributed by atoms with Gasteiger partial charge in [-0.15, -0.1) is 5.10 Å². The minimum absolute atomic E-state index is 0.0127. The van der Waals surface area contributed by atoms with E-state index in [2.05, 4.69) is 15.4 Å². The van der Waals surface area contributed by atoms with E-state index in [1.165, 1.54) is 14.0 Å². The molecule has 0 N–H and O–H groups in total. The summed E-state index contributed by atoms with van der Waals surface area (Å²) in [6.45, 7) is 3.10. The zero-order valence-corrected chi connectivity index (χ0v) is 17.0. The molecule has 2 aromatic rings. The van der Waals surface area contributed by atoms with Crippen LogP contribution in [0.2, 0.25) is 0 Å². The first kappa shape index (κ1) is 21.8. The molecule has 14 heteroatoms. The van der Waals surface area contributed by atoms with E-state index >= 15 is 0 Å². The van der Waals surface area contributed by atoms with Crippen molar-refractivity contribution in [3.63, 3.8) is 0 Å².